The Morgan fingerprint density at radius 1 is 1.33 bits per heavy atom. The zero-order valence-corrected chi connectivity index (χ0v) is 12.0. The average Bonchev–Trinajstić information content (AvgIpc) is 2.72. The molecule has 2 saturated heterocycles. The molecule has 1 atom stereocenters. The molecule has 2 aliphatic rings. The van der Waals surface area contributed by atoms with Crippen LogP contribution in [0.4, 0.5) is 0 Å². The van der Waals surface area contributed by atoms with Gasteiger partial charge in [0.25, 0.3) is 0 Å². The normalized spacial score (nSPS) is 27.4. The lowest BCUT2D eigenvalue weighted by Gasteiger charge is -2.33. The van der Waals surface area contributed by atoms with Crippen LogP contribution in [0.25, 0.3) is 0 Å². The Bertz CT molecular complexity index is 285. The number of nitrogens with one attached hydrogen (secondary N) is 1. The summed E-state index contributed by atoms with van der Waals surface area (Å²) in [6, 6.07) is 0.0423. The number of hydrogen-bond acceptors (Lipinski definition) is 3. The maximum Gasteiger partial charge on any atom is 0.241 e. The summed E-state index contributed by atoms with van der Waals surface area (Å²) < 4.78 is 0. The topological polar surface area (TPSA) is 35.6 Å². The average molecular weight is 253 g/mol. The van der Waals surface area contributed by atoms with Gasteiger partial charge in [0.15, 0.2) is 0 Å². The zero-order chi connectivity index (χ0) is 13.1. The number of carbonyl (C=O) groups excluding carboxylic acids is 1. The van der Waals surface area contributed by atoms with Crippen molar-refractivity contribution in [2.45, 2.75) is 39.7 Å². The summed E-state index contributed by atoms with van der Waals surface area (Å²) in [5, 5.41) is 3.33. The minimum absolute atomic E-state index is 0.0423. The van der Waals surface area contributed by atoms with Crippen molar-refractivity contribution in [1.82, 2.24) is 15.1 Å². The quantitative estimate of drug-likeness (QED) is 0.816. The molecular formula is C14H27N3O. The van der Waals surface area contributed by atoms with E-state index in [1.165, 1.54) is 25.9 Å². The fourth-order valence-corrected chi connectivity index (χ4v) is 3.04. The highest BCUT2D eigenvalue weighted by molar-refractivity contribution is 5.84. The van der Waals surface area contributed by atoms with Crippen LogP contribution in [-0.4, -0.2) is 54.6 Å². The molecule has 1 unspecified atom stereocenters. The van der Waals surface area contributed by atoms with Gasteiger partial charge >= 0.3 is 0 Å². The van der Waals surface area contributed by atoms with E-state index in [9.17, 15) is 4.79 Å². The number of likely N-dealkylation sites (tertiary alicyclic amines) is 1. The molecule has 18 heavy (non-hydrogen) atoms. The lowest BCUT2D eigenvalue weighted by Crippen LogP contribution is -2.40. The fourth-order valence-electron chi connectivity index (χ4n) is 3.04. The van der Waals surface area contributed by atoms with Gasteiger partial charge in [-0.1, -0.05) is 20.8 Å². The summed E-state index contributed by atoms with van der Waals surface area (Å²) in [4.78, 5) is 16.7. The van der Waals surface area contributed by atoms with Gasteiger partial charge in [-0.05, 0) is 44.3 Å². The first kappa shape index (κ1) is 13.8. The van der Waals surface area contributed by atoms with Crippen LogP contribution in [0, 0.1) is 11.8 Å². The number of rotatable bonds is 4. The second-order valence-electron chi connectivity index (χ2n) is 6.02. The predicted octanol–water partition coefficient (Wildman–Crippen LogP) is 1.13. The molecule has 0 bridgehead atoms. The Morgan fingerprint density at radius 2 is 2.00 bits per heavy atom. The second kappa shape index (κ2) is 6.02. The number of nitrogens with zero attached hydrogens (tertiary/aromatic N) is 2. The van der Waals surface area contributed by atoms with Crippen LogP contribution in [0.1, 0.15) is 33.6 Å². The summed E-state index contributed by atoms with van der Waals surface area (Å²) in [6.07, 6.45) is 2.48. The highest BCUT2D eigenvalue weighted by atomic mass is 16.2. The Morgan fingerprint density at radius 3 is 2.50 bits per heavy atom. The summed E-state index contributed by atoms with van der Waals surface area (Å²) in [6.45, 7) is 11.7. The van der Waals surface area contributed by atoms with Crippen LogP contribution in [0.3, 0.4) is 0 Å². The highest BCUT2D eigenvalue weighted by Gasteiger charge is 2.34. The summed E-state index contributed by atoms with van der Waals surface area (Å²) in [5.74, 6) is 1.40. The van der Waals surface area contributed by atoms with Crippen molar-refractivity contribution in [2.75, 3.05) is 32.8 Å². The van der Waals surface area contributed by atoms with Crippen LogP contribution >= 0.6 is 0 Å². The van der Waals surface area contributed by atoms with Gasteiger partial charge in [-0.3, -0.25) is 10.1 Å². The van der Waals surface area contributed by atoms with Gasteiger partial charge in [0.2, 0.25) is 5.91 Å². The SMILES string of the molecule is CCN1CCC(CN2CNC(C(C)C)C2=O)CC1. The van der Waals surface area contributed by atoms with E-state index in [1.807, 2.05) is 4.90 Å². The number of hydrogen-bond donors (Lipinski definition) is 1. The molecular weight excluding hydrogens is 226 g/mol. The van der Waals surface area contributed by atoms with Crippen molar-refractivity contribution in [3.05, 3.63) is 0 Å². The molecule has 0 saturated carbocycles. The fraction of sp³-hybridized carbons (Fsp3) is 0.929. The lowest BCUT2D eigenvalue weighted by molar-refractivity contribution is -0.130. The van der Waals surface area contributed by atoms with Gasteiger partial charge < -0.3 is 9.80 Å². The van der Waals surface area contributed by atoms with E-state index in [-0.39, 0.29) is 6.04 Å². The summed E-state index contributed by atoms with van der Waals surface area (Å²) in [7, 11) is 0. The van der Waals surface area contributed by atoms with Crippen molar-refractivity contribution >= 4 is 5.91 Å². The Kier molecular flexibility index (Phi) is 4.62. The van der Waals surface area contributed by atoms with Crippen molar-refractivity contribution in [2.24, 2.45) is 11.8 Å². The van der Waals surface area contributed by atoms with E-state index in [4.69, 9.17) is 0 Å². The molecule has 4 nitrogen and oxygen atoms in total. The molecule has 104 valence electrons. The standard InChI is InChI=1S/C14H27N3O/c1-4-16-7-5-12(6-8-16)9-17-10-15-13(11(2)3)14(17)18/h11-13,15H,4-10H2,1-3H3. The highest BCUT2D eigenvalue weighted by Crippen LogP contribution is 2.20. The van der Waals surface area contributed by atoms with Crippen molar-refractivity contribution in [3.8, 4) is 0 Å². The molecule has 0 aromatic heterocycles. The summed E-state index contributed by atoms with van der Waals surface area (Å²) >= 11 is 0. The molecule has 2 rings (SSSR count). The minimum atomic E-state index is 0.0423. The van der Waals surface area contributed by atoms with Gasteiger partial charge in [-0.25, -0.2) is 0 Å². The van der Waals surface area contributed by atoms with Crippen LogP contribution < -0.4 is 5.32 Å². The first-order valence-corrected chi connectivity index (χ1v) is 7.36. The Hall–Kier alpha value is -0.610. The molecule has 4 heteroatoms. The van der Waals surface area contributed by atoms with Gasteiger partial charge in [-0.2, -0.15) is 0 Å². The molecule has 0 aromatic rings. The number of carbonyl (C=O) groups is 1. The number of amides is 1. The van der Waals surface area contributed by atoms with Crippen molar-refractivity contribution in [3.63, 3.8) is 0 Å². The van der Waals surface area contributed by atoms with Crippen LogP contribution in [0.2, 0.25) is 0 Å². The van der Waals surface area contributed by atoms with Gasteiger partial charge in [0.05, 0.1) is 12.7 Å². The smallest absolute Gasteiger partial charge is 0.241 e. The third-order valence-electron chi connectivity index (χ3n) is 4.38. The lowest BCUT2D eigenvalue weighted by atomic mass is 9.96. The molecule has 1 N–H and O–H groups in total. The first-order chi connectivity index (χ1) is 8.61. The van der Waals surface area contributed by atoms with Gasteiger partial charge in [0.1, 0.15) is 0 Å². The molecule has 1 amide bonds. The van der Waals surface area contributed by atoms with E-state index >= 15 is 0 Å². The Labute approximate surface area is 111 Å². The van der Waals surface area contributed by atoms with E-state index in [2.05, 4.69) is 31.0 Å². The molecule has 2 aliphatic heterocycles. The first-order valence-electron chi connectivity index (χ1n) is 7.36. The van der Waals surface area contributed by atoms with E-state index in [0.29, 0.717) is 17.7 Å². The second-order valence-corrected chi connectivity index (χ2v) is 6.02. The van der Waals surface area contributed by atoms with Crippen LogP contribution in [-0.2, 0) is 4.79 Å². The predicted molar refractivity (Wildman–Crippen MR) is 73.2 cm³/mol. The molecule has 0 aromatic carbocycles. The molecule has 2 fully saturated rings. The zero-order valence-electron chi connectivity index (χ0n) is 12.0. The molecule has 0 spiro atoms. The van der Waals surface area contributed by atoms with Crippen LogP contribution in [0.5, 0.6) is 0 Å². The van der Waals surface area contributed by atoms with E-state index in [1.54, 1.807) is 0 Å². The van der Waals surface area contributed by atoms with Crippen LogP contribution in [0.15, 0.2) is 0 Å². The monoisotopic (exact) mass is 253 g/mol. The third kappa shape index (κ3) is 3.04. The largest absolute Gasteiger partial charge is 0.328 e. The number of piperidine rings is 1. The molecule has 2 heterocycles. The van der Waals surface area contributed by atoms with Gasteiger partial charge in [-0.15, -0.1) is 0 Å². The Balaban J connectivity index is 1.79. The third-order valence-corrected chi connectivity index (χ3v) is 4.38. The molecule has 0 radical (unpaired) electrons. The maximum atomic E-state index is 12.2. The molecule has 0 aliphatic carbocycles. The summed E-state index contributed by atoms with van der Waals surface area (Å²) in [5.41, 5.74) is 0. The maximum absolute atomic E-state index is 12.2. The van der Waals surface area contributed by atoms with E-state index in [0.717, 1.165) is 19.8 Å². The van der Waals surface area contributed by atoms with Crippen molar-refractivity contribution < 1.29 is 4.79 Å². The van der Waals surface area contributed by atoms with E-state index < -0.39 is 0 Å². The van der Waals surface area contributed by atoms with Crippen molar-refractivity contribution in [1.29, 1.82) is 0 Å². The van der Waals surface area contributed by atoms with Gasteiger partial charge in [0, 0.05) is 6.54 Å². The minimum Gasteiger partial charge on any atom is -0.328 e.